The maximum absolute atomic E-state index is 10.5. The van der Waals surface area contributed by atoms with Crippen LogP contribution in [0.1, 0.15) is 43.9 Å². The van der Waals surface area contributed by atoms with E-state index < -0.39 is 5.60 Å². The van der Waals surface area contributed by atoms with Crippen LogP contribution in [-0.4, -0.2) is 30.4 Å². The van der Waals surface area contributed by atoms with Crippen LogP contribution in [0.2, 0.25) is 0 Å². The third-order valence-corrected chi connectivity index (χ3v) is 3.65. The summed E-state index contributed by atoms with van der Waals surface area (Å²) < 4.78 is 5.86. The Balaban J connectivity index is 1.99. The van der Waals surface area contributed by atoms with E-state index in [9.17, 15) is 5.11 Å². The number of rotatable bonds is 6. The topological polar surface area (TPSA) is 41.5 Å². The molecule has 0 radical (unpaired) electrons. The van der Waals surface area contributed by atoms with Crippen LogP contribution in [-0.2, 0) is 11.2 Å². The van der Waals surface area contributed by atoms with Crippen LogP contribution in [0.15, 0.2) is 24.3 Å². The minimum atomic E-state index is -0.732. The van der Waals surface area contributed by atoms with Crippen molar-refractivity contribution < 1.29 is 9.84 Å². The number of ether oxygens (including phenoxy) is 1. The third kappa shape index (κ3) is 4.03. The first-order chi connectivity index (χ1) is 9.12. The third-order valence-electron chi connectivity index (χ3n) is 3.65. The monoisotopic (exact) mass is 263 g/mol. The summed E-state index contributed by atoms with van der Waals surface area (Å²) in [5, 5.41) is 13.8. The van der Waals surface area contributed by atoms with E-state index >= 15 is 0 Å². The SMILES string of the molecule is CCCNCC(C)(O)CC1OCCc2ccccc21. The second-order valence-corrected chi connectivity index (χ2v) is 5.69. The van der Waals surface area contributed by atoms with Crippen molar-refractivity contribution in [3.63, 3.8) is 0 Å². The lowest BCUT2D eigenvalue weighted by Gasteiger charge is -2.32. The molecule has 1 aliphatic heterocycles. The zero-order chi connectivity index (χ0) is 13.7. The molecule has 1 aliphatic rings. The van der Waals surface area contributed by atoms with Crippen molar-refractivity contribution in [1.82, 2.24) is 5.32 Å². The fraction of sp³-hybridized carbons (Fsp3) is 0.625. The largest absolute Gasteiger partial charge is 0.389 e. The lowest BCUT2D eigenvalue weighted by atomic mass is 9.89. The Bertz CT molecular complexity index is 403. The molecule has 3 nitrogen and oxygen atoms in total. The molecule has 0 spiro atoms. The van der Waals surface area contributed by atoms with Gasteiger partial charge in [-0.3, -0.25) is 0 Å². The van der Waals surface area contributed by atoms with E-state index in [0.29, 0.717) is 13.0 Å². The van der Waals surface area contributed by atoms with Gasteiger partial charge in [-0.05, 0) is 37.4 Å². The highest BCUT2D eigenvalue weighted by Gasteiger charge is 2.29. The van der Waals surface area contributed by atoms with Gasteiger partial charge in [0, 0.05) is 13.0 Å². The molecule has 0 fully saturated rings. The van der Waals surface area contributed by atoms with E-state index in [1.54, 1.807) is 0 Å². The van der Waals surface area contributed by atoms with Crippen molar-refractivity contribution >= 4 is 0 Å². The average Bonchev–Trinajstić information content (AvgIpc) is 2.39. The molecule has 2 rings (SSSR count). The molecular formula is C16H25NO2. The van der Waals surface area contributed by atoms with E-state index in [1.807, 2.05) is 13.0 Å². The molecule has 1 heterocycles. The van der Waals surface area contributed by atoms with Crippen LogP contribution < -0.4 is 5.32 Å². The molecule has 0 aromatic heterocycles. The van der Waals surface area contributed by atoms with E-state index in [4.69, 9.17) is 4.74 Å². The van der Waals surface area contributed by atoms with Gasteiger partial charge in [0.1, 0.15) is 0 Å². The van der Waals surface area contributed by atoms with Crippen LogP contribution in [0.5, 0.6) is 0 Å². The van der Waals surface area contributed by atoms with Crippen LogP contribution >= 0.6 is 0 Å². The normalized spacial score (nSPS) is 21.7. The average molecular weight is 263 g/mol. The molecule has 2 N–H and O–H groups in total. The van der Waals surface area contributed by atoms with Gasteiger partial charge in [0.25, 0.3) is 0 Å². The summed E-state index contributed by atoms with van der Waals surface area (Å²) in [6, 6.07) is 8.40. The van der Waals surface area contributed by atoms with Crippen molar-refractivity contribution in [1.29, 1.82) is 0 Å². The number of fused-ring (bicyclic) bond motifs is 1. The number of benzene rings is 1. The van der Waals surface area contributed by atoms with Crippen molar-refractivity contribution in [2.75, 3.05) is 19.7 Å². The second-order valence-electron chi connectivity index (χ2n) is 5.69. The lowest BCUT2D eigenvalue weighted by molar-refractivity contribution is -0.0357. The summed E-state index contributed by atoms with van der Waals surface area (Å²) in [5.74, 6) is 0. The van der Waals surface area contributed by atoms with E-state index in [1.165, 1.54) is 11.1 Å². The zero-order valence-corrected chi connectivity index (χ0v) is 12.0. The summed E-state index contributed by atoms with van der Waals surface area (Å²) in [4.78, 5) is 0. The van der Waals surface area contributed by atoms with E-state index in [0.717, 1.165) is 26.0 Å². The first kappa shape index (κ1) is 14.5. The molecule has 106 valence electrons. The van der Waals surface area contributed by atoms with E-state index in [-0.39, 0.29) is 6.10 Å². The molecule has 0 saturated carbocycles. The standard InChI is InChI=1S/C16H25NO2/c1-3-9-17-12-16(2,18)11-15-14-7-5-4-6-13(14)8-10-19-15/h4-7,15,17-18H,3,8-12H2,1-2H3. The predicted octanol–water partition coefficient (Wildman–Crippen LogP) is 2.44. The fourth-order valence-corrected chi connectivity index (χ4v) is 2.65. The van der Waals surface area contributed by atoms with Gasteiger partial charge in [-0.25, -0.2) is 0 Å². The smallest absolute Gasteiger partial charge is 0.0855 e. The van der Waals surface area contributed by atoms with Crippen molar-refractivity contribution in [3.8, 4) is 0 Å². The highest BCUT2D eigenvalue weighted by Crippen LogP contribution is 2.33. The molecular weight excluding hydrogens is 238 g/mol. The first-order valence-corrected chi connectivity index (χ1v) is 7.25. The summed E-state index contributed by atoms with van der Waals surface area (Å²) in [6.45, 7) is 6.32. The molecule has 19 heavy (non-hydrogen) atoms. The summed E-state index contributed by atoms with van der Waals surface area (Å²) in [7, 11) is 0. The van der Waals surface area contributed by atoms with Gasteiger partial charge >= 0.3 is 0 Å². The summed E-state index contributed by atoms with van der Waals surface area (Å²) >= 11 is 0. The van der Waals surface area contributed by atoms with Crippen LogP contribution in [0.4, 0.5) is 0 Å². The van der Waals surface area contributed by atoms with Crippen LogP contribution in [0, 0.1) is 0 Å². The van der Waals surface area contributed by atoms with Gasteiger partial charge in [-0.1, -0.05) is 31.2 Å². The summed E-state index contributed by atoms with van der Waals surface area (Å²) in [6.07, 6.45) is 2.71. The summed E-state index contributed by atoms with van der Waals surface area (Å²) in [5.41, 5.74) is 1.87. The number of aliphatic hydroxyl groups is 1. The molecule has 1 aromatic rings. The molecule has 0 amide bonds. The van der Waals surface area contributed by atoms with Gasteiger partial charge in [0.2, 0.25) is 0 Å². The van der Waals surface area contributed by atoms with Gasteiger partial charge in [0.15, 0.2) is 0 Å². The number of hydrogen-bond donors (Lipinski definition) is 2. The minimum Gasteiger partial charge on any atom is -0.389 e. The molecule has 0 saturated heterocycles. The van der Waals surface area contributed by atoms with Gasteiger partial charge in [-0.2, -0.15) is 0 Å². The molecule has 0 aliphatic carbocycles. The van der Waals surface area contributed by atoms with Crippen molar-refractivity contribution in [2.24, 2.45) is 0 Å². The highest BCUT2D eigenvalue weighted by atomic mass is 16.5. The van der Waals surface area contributed by atoms with Gasteiger partial charge in [0.05, 0.1) is 18.3 Å². The fourth-order valence-electron chi connectivity index (χ4n) is 2.65. The van der Waals surface area contributed by atoms with Crippen molar-refractivity contribution in [2.45, 2.75) is 44.8 Å². The number of hydrogen-bond acceptors (Lipinski definition) is 3. The molecule has 2 unspecified atom stereocenters. The van der Waals surface area contributed by atoms with Crippen molar-refractivity contribution in [3.05, 3.63) is 35.4 Å². The molecule has 1 aromatic carbocycles. The Kier molecular flexibility index (Phi) is 4.97. The quantitative estimate of drug-likeness (QED) is 0.775. The Labute approximate surface area is 116 Å². The highest BCUT2D eigenvalue weighted by molar-refractivity contribution is 5.31. The Morgan fingerprint density at radius 2 is 2.21 bits per heavy atom. The Morgan fingerprint density at radius 1 is 1.42 bits per heavy atom. The maximum Gasteiger partial charge on any atom is 0.0855 e. The van der Waals surface area contributed by atoms with E-state index in [2.05, 4.69) is 30.4 Å². The number of nitrogens with one attached hydrogen (secondary N) is 1. The molecule has 3 heteroatoms. The van der Waals surface area contributed by atoms with Crippen LogP contribution in [0.3, 0.4) is 0 Å². The van der Waals surface area contributed by atoms with Gasteiger partial charge in [-0.15, -0.1) is 0 Å². The Morgan fingerprint density at radius 3 is 3.00 bits per heavy atom. The molecule has 0 bridgehead atoms. The zero-order valence-electron chi connectivity index (χ0n) is 12.0. The molecule has 2 atom stereocenters. The van der Waals surface area contributed by atoms with Crippen LogP contribution in [0.25, 0.3) is 0 Å². The lowest BCUT2D eigenvalue weighted by Crippen LogP contribution is -2.40. The minimum absolute atomic E-state index is 0.0170. The van der Waals surface area contributed by atoms with Gasteiger partial charge < -0.3 is 15.2 Å². The second kappa shape index (κ2) is 6.51. The maximum atomic E-state index is 10.5. The predicted molar refractivity (Wildman–Crippen MR) is 77.2 cm³/mol. The first-order valence-electron chi connectivity index (χ1n) is 7.25. The Hall–Kier alpha value is -0.900.